The Morgan fingerprint density at radius 1 is 0.949 bits per heavy atom. The summed E-state index contributed by atoms with van der Waals surface area (Å²) >= 11 is 0. The van der Waals surface area contributed by atoms with E-state index in [1.54, 1.807) is 6.07 Å². The van der Waals surface area contributed by atoms with Gasteiger partial charge in [-0.1, -0.05) is 6.07 Å². The van der Waals surface area contributed by atoms with E-state index in [0.29, 0.717) is 5.56 Å². The summed E-state index contributed by atoms with van der Waals surface area (Å²) in [5.41, 5.74) is 0.624. The van der Waals surface area contributed by atoms with Gasteiger partial charge in [0.25, 0.3) is 5.91 Å². The molecule has 2 saturated heterocycles. The first-order chi connectivity index (χ1) is 18.5. The van der Waals surface area contributed by atoms with Gasteiger partial charge >= 0.3 is 0 Å². The molecule has 10 atom stereocenters. The second-order valence-electron chi connectivity index (χ2n) is 9.25. The molecule has 3 rings (SSSR count). The molecule has 0 radical (unpaired) electrons. The summed E-state index contributed by atoms with van der Waals surface area (Å²) in [6, 6.07) is 3.11. The van der Waals surface area contributed by atoms with Crippen molar-refractivity contribution in [2.75, 3.05) is 27.4 Å². The Bertz CT molecular complexity index is 981. The molecule has 1 aromatic carbocycles. The number of phenols is 2. The van der Waals surface area contributed by atoms with Gasteiger partial charge in [0.2, 0.25) is 5.91 Å². The van der Waals surface area contributed by atoms with Gasteiger partial charge in [-0.3, -0.25) is 9.59 Å². The van der Waals surface area contributed by atoms with Crippen LogP contribution in [-0.2, 0) is 39.7 Å². The van der Waals surface area contributed by atoms with Gasteiger partial charge in [0, 0.05) is 27.7 Å². The smallest absolute Gasteiger partial charge is 0.252 e. The molecule has 2 fully saturated rings. The first-order valence-corrected chi connectivity index (χ1v) is 12.2. The lowest BCUT2D eigenvalue weighted by molar-refractivity contribution is -0.338. The highest BCUT2D eigenvalue weighted by Crippen LogP contribution is 2.30. The van der Waals surface area contributed by atoms with Crippen molar-refractivity contribution in [3.05, 3.63) is 23.8 Å². The summed E-state index contributed by atoms with van der Waals surface area (Å²) in [4.78, 5) is 24.8. The number of nitrogens with one attached hydrogen (secondary N) is 2. The molecule has 15 nitrogen and oxygen atoms in total. The molecular formula is C24H36N2O13. The summed E-state index contributed by atoms with van der Waals surface area (Å²) in [5, 5.41) is 66.1. The molecular weight excluding hydrogens is 524 g/mol. The third-order valence-electron chi connectivity index (χ3n) is 6.57. The number of carbonyl (C=O) groups is 2. The zero-order chi connectivity index (χ0) is 28.9. The van der Waals surface area contributed by atoms with Crippen LogP contribution in [0.2, 0.25) is 0 Å². The molecule has 0 bridgehead atoms. The van der Waals surface area contributed by atoms with Crippen LogP contribution in [0.5, 0.6) is 11.5 Å². The van der Waals surface area contributed by atoms with Crippen LogP contribution in [0.25, 0.3) is 0 Å². The molecule has 0 saturated carbocycles. The van der Waals surface area contributed by atoms with Crippen LogP contribution in [0.15, 0.2) is 18.2 Å². The van der Waals surface area contributed by atoms with E-state index in [9.17, 15) is 40.2 Å². The molecule has 2 aliphatic heterocycles. The Labute approximate surface area is 224 Å². The molecule has 0 spiro atoms. The summed E-state index contributed by atoms with van der Waals surface area (Å²) in [6.07, 6.45) is -12.8. The molecule has 4 unspecified atom stereocenters. The molecule has 2 aliphatic rings. The number of benzene rings is 1. The minimum absolute atomic E-state index is 0.0838. The second-order valence-corrected chi connectivity index (χ2v) is 9.25. The number of ether oxygens (including phenoxy) is 5. The van der Waals surface area contributed by atoms with Crippen molar-refractivity contribution in [1.82, 2.24) is 10.6 Å². The van der Waals surface area contributed by atoms with Crippen LogP contribution in [0.4, 0.5) is 0 Å². The lowest BCUT2D eigenvalue weighted by Gasteiger charge is -2.47. The molecule has 2 heterocycles. The highest BCUT2D eigenvalue weighted by Gasteiger charge is 2.53. The van der Waals surface area contributed by atoms with E-state index in [1.165, 1.54) is 33.3 Å². The Morgan fingerprint density at radius 3 is 2.26 bits per heavy atom. The third kappa shape index (κ3) is 7.13. The van der Waals surface area contributed by atoms with Crippen LogP contribution in [-0.4, -0.2) is 131 Å². The first-order valence-electron chi connectivity index (χ1n) is 12.2. The first kappa shape index (κ1) is 30.9. The predicted molar refractivity (Wildman–Crippen MR) is 129 cm³/mol. The molecule has 15 heteroatoms. The van der Waals surface area contributed by atoms with Crippen molar-refractivity contribution in [3.63, 3.8) is 0 Å². The fourth-order valence-corrected chi connectivity index (χ4v) is 4.55. The molecule has 220 valence electrons. The lowest BCUT2D eigenvalue weighted by Crippen LogP contribution is -2.68. The average Bonchev–Trinajstić information content (AvgIpc) is 2.90. The van der Waals surface area contributed by atoms with E-state index in [1.807, 2.05) is 0 Å². The Kier molecular flexibility index (Phi) is 10.8. The van der Waals surface area contributed by atoms with Gasteiger partial charge in [-0.25, -0.2) is 0 Å². The molecule has 39 heavy (non-hydrogen) atoms. The summed E-state index contributed by atoms with van der Waals surface area (Å²) in [7, 11) is 2.50. The zero-order valence-corrected chi connectivity index (χ0v) is 21.7. The number of rotatable bonds is 10. The van der Waals surface area contributed by atoms with Crippen LogP contribution in [0.1, 0.15) is 12.5 Å². The number of aliphatic hydroxyl groups is 4. The number of methoxy groups -OCH3 is 2. The van der Waals surface area contributed by atoms with E-state index < -0.39 is 79.8 Å². The number of phenolic OH excluding ortho intramolecular Hbond substituents is 2. The monoisotopic (exact) mass is 560 g/mol. The highest BCUT2D eigenvalue weighted by atomic mass is 16.7. The van der Waals surface area contributed by atoms with E-state index in [2.05, 4.69) is 10.6 Å². The number of amides is 2. The van der Waals surface area contributed by atoms with E-state index in [-0.39, 0.29) is 24.5 Å². The van der Waals surface area contributed by atoms with Crippen molar-refractivity contribution in [3.8, 4) is 11.5 Å². The van der Waals surface area contributed by atoms with Crippen LogP contribution >= 0.6 is 0 Å². The summed E-state index contributed by atoms with van der Waals surface area (Å²) in [5.74, 6) is -1.81. The van der Waals surface area contributed by atoms with Gasteiger partial charge in [0.1, 0.15) is 42.7 Å². The maximum atomic E-state index is 13.0. The van der Waals surface area contributed by atoms with E-state index in [0.717, 1.165) is 0 Å². The number of carbonyl (C=O) groups excluding carboxylic acids is 2. The normalized spacial score (nSPS) is 34.8. The minimum Gasteiger partial charge on any atom is -0.504 e. The fourth-order valence-electron chi connectivity index (χ4n) is 4.55. The van der Waals surface area contributed by atoms with E-state index in [4.69, 9.17) is 23.7 Å². The largest absolute Gasteiger partial charge is 0.504 e. The van der Waals surface area contributed by atoms with Gasteiger partial charge in [-0.2, -0.15) is 0 Å². The lowest BCUT2D eigenvalue weighted by atomic mass is 9.95. The predicted octanol–water partition coefficient (Wildman–Crippen LogP) is -3.17. The molecule has 2 amide bonds. The number of hydrogen-bond donors (Lipinski definition) is 8. The quantitative estimate of drug-likeness (QED) is 0.132. The highest BCUT2D eigenvalue weighted by molar-refractivity contribution is 5.81. The van der Waals surface area contributed by atoms with Crippen molar-refractivity contribution >= 4 is 11.8 Å². The second kappa shape index (κ2) is 13.6. The molecule has 1 aromatic rings. The van der Waals surface area contributed by atoms with Crippen molar-refractivity contribution < 1.29 is 63.9 Å². The minimum atomic E-state index is -1.74. The van der Waals surface area contributed by atoms with Gasteiger partial charge in [0.05, 0.1) is 6.61 Å². The number of hydrogen-bond acceptors (Lipinski definition) is 13. The average molecular weight is 561 g/mol. The SMILES string of the molecule is CO[C@@H]1OC(CO)[C@@H](O)[C@H](O[C@@H]2OC(C(=O)NCCc3ccc(O)c(O)c3)[C@@H](OC)[C@H](O)C2O)C1NC(C)=O. The standard InChI is InChI=1S/C24H36N2O13/c1-10(28)26-15-19(16(31)14(9-27)37-23(15)36-3)38-24-18(33)17(32)20(35-2)21(39-24)22(34)25-7-6-11-4-5-12(29)13(30)8-11/h4-5,8,14-21,23-24,27,29-33H,6-7,9H2,1-3H3,(H,25,34)(H,26,28)/t14?,15?,16-,17-,18?,19-,20+,21?,23-,24-/m1/s1. The van der Waals surface area contributed by atoms with Gasteiger partial charge in [0.15, 0.2) is 30.2 Å². The molecule has 0 aliphatic carbocycles. The zero-order valence-electron chi connectivity index (χ0n) is 21.7. The molecule has 8 N–H and O–H groups in total. The third-order valence-corrected chi connectivity index (χ3v) is 6.57. The Balaban J connectivity index is 1.75. The van der Waals surface area contributed by atoms with Crippen LogP contribution in [0.3, 0.4) is 0 Å². The van der Waals surface area contributed by atoms with Gasteiger partial charge in [-0.05, 0) is 24.1 Å². The van der Waals surface area contributed by atoms with Crippen LogP contribution in [0, 0.1) is 0 Å². The maximum Gasteiger partial charge on any atom is 0.252 e. The Hall–Kier alpha value is -2.60. The maximum absolute atomic E-state index is 13.0. The van der Waals surface area contributed by atoms with Crippen molar-refractivity contribution in [2.24, 2.45) is 0 Å². The van der Waals surface area contributed by atoms with Gasteiger partial charge < -0.3 is 65.0 Å². The van der Waals surface area contributed by atoms with Gasteiger partial charge in [-0.15, -0.1) is 0 Å². The van der Waals surface area contributed by atoms with E-state index >= 15 is 0 Å². The van der Waals surface area contributed by atoms with Crippen LogP contribution < -0.4 is 10.6 Å². The topological polar surface area (TPSA) is 226 Å². The van der Waals surface area contributed by atoms with Crippen molar-refractivity contribution in [1.29, 1.82) is 0 Å². The number of aliphatic hydroxyl groups excluding tert-OH is 4. The summed E-state index contributed by atoms with van der Waals surface area (Å²) in [6.45, 7) is 0.674. The molecule has 0 aromatic heterocycles. The Morgan fingerprint density at radius 2 is 1.67 bits per heavy atom. The van der Waals surface area contributed by atoms with Crippen molar-refractivity contribution in [2.45, 2.75) is 74.7 Å². The fraction of sp³-hybridized carbons (Fsp3) is 0.667. The number of aromatic hydroxyl groups is 2. The summed E-state index contributed by atoms with van der Waals surface area (Å²) < 4.78 is 27.5.